The number of hydrogen-bond acceptors (Lipinski definition) is 2. The fourth-order valence-corrected chi connectivity index (χ4v) is 3.09. The lowest BCUT2D eigenvalue weighted by Gasteiger charge is -2.42. The zero-order chi connectivity index (χ0) is 16.1. The number of rotatable bonds is 6. The first kappa shape index (κ1) is 15.9. The molecule has 0 bridgehead atoms. The Morgan fingerprint density at radius 2 is 1.78 bits per heavy atom. The molecule has 1 amide bonds. The van der Waals surface area contributed by atoms with Gasteiger partial charge in [-0.3, -0.25) is 4.79 Å². The minimum absolute atomic E-state index is 0.0203. The van der Waals surface area contributed by atoms with Crippen LogP contribution in [0.3, 0.4) is 0 Å². The first-order valence-electron chi connectivity index (χ1n) is 7.89. The van der Waals surface area contributed by atoms with E-state index in [4.69, 9.17) is 16.3 Å². The van der Waals surface area contributed by atoms with Gasteiger partial charge in [0.15, 0.2) is 6.61 Å². The van der Waals surface area contributed by atoms with Gasteiger partial charge in [-0.1, -0.05) is 48.4 Å². The number of halogens is 1. The topological polar surface area (TPSA) is 38.3 Å². The van der Waals surface area contributed by atoms with Crippen LogP contribution in [0.25, 0.3) is 0 Å². The highest BCUT2D eigenvalue weighted by molar-refractivity contribution is 6.30. The molecule has 0 aromatic heterocycles. The minimum atomic E-state index is -0.0952. The van der Waals surface area contributed by atoms with Crippen LogP contribution in [0.15, 0.2) is 54.6 Å². The molecule has 1 N–H and O–H groups in total. The average molecular weight is 330 g/mol. The Hall–Kier alpha value is -2.00. The van der Waals surface area contributed by atoms with Crippen molar-refractivity contribution in [2.45, 2.75) is 24.7 Å². The van der Waals surface area contributed by atoms with Gasteiger partial charge in [0.1, 0.15) is 5.75 Å². The molecule has 23 heavy (non-hydrogen) atoms. The molecule has 0 radical (unpaired) electrons. The molecule has 2 aromatic rings. The molecule has 0 heterocycles. The van der Waals surface area contributed by atoms with Gasteiger partial charge in [-0.05, 0) is 42.7 Å². The monoisotopic (exact) mass is 329 g/mol. The standard InChI is InChI=1S/C19H20ClNO2/c20-16-7-9-17(10-8-16)23-13-18(22)21-14-19(11-4-12-19)15-5-2-1-3-6-15/h1-3,5-10H,4,11-14H2,(H,21,22). The van der Waals surface area contributed by atoms with E-state index in [1.807, 2.05) is 6.07 Å². The lowest BCUT2D eigenvalue weighted by Crippen LogP contribution is -2.46. The first-order chi connectivity index (χ1) is 11.2. The van der Waals surface area contributed by atoms with Crippen molar-refractivity contribution in [1.29, 1.82) is 0 Å². The van der Waals surface area contributed by atoms with Gasteiger partial charge in [0.2, 0.25) is 0 Å². The molecule has 120 valence electrons. The first-order valence-corrected chi connectivity index (χ1v) is 8.26. The van der Waals surface area contributed by atoms with Crippen LogP contribution in [0.4, 0.5) is 0 Å². The molecule has 0 spiro atoms. The number of carbonyl (C=O) groups excluding carboxylic acids is 1. The van der Waals surface area contributed by atoms with Crippen LogP contribution in [0.5, 0.6) is 5.75 Å². The third kappa shape index (κ3) is 3.85. The van der Waals surface area contributed by atoms with Crippen LogP contribution in [0.2, 0.25) is 5.02 Å². The van der Waals surface area contributed by atoms with Crippen LogP contribution in [-0.2, 0) is 10.2 Å². The van der Waals surface area contributed by atoms with E-state index in [0.717, 1.165) is 12.8 Å². The van der Waals surface area contributed by atoms with Crippen molar-refractivity contribution >= 4 is 17.5 Å². The van der Waals surface area contributed by atoms with Crippen LogP contribution in [0, 0.1) is 0 Å². The molecule has 3 rings (SSSR count). The zero-order valence-electron chi connectivity index (χ0n) is 12.9. The number of carbonyl (C=O) groups is 1. The Morgan fingerprint density at radius 3 is 2.39 bits per heavy atom. The quantitative estimate of drug-likeness (QED) is 0.871. The third-order valence-electron chi connectivity index (χ3n) is 4.50. The van der Waals surface area contributed by atoms with E-state index < -0.39 is 0 Å². The fraction of sp³-hybridized carbons (Fsp3) is 0.316. The number of ether oxygens (including phenoxy) is 1. The number of amides is 1. The molecule has 3 nitrogen and oxygen atoms in total. The van der Waals surface area contributed by atoms with Crippen molar-refractivity contribution in [3.8, 4) is 5.75 Å². The van der Waals surface area contributed by atoms with Gasteiger partial charge >= 0.3 is 0 Å². The number of nitrogens with one attached hydrogen (secondary N) is 1. The molecule has 0 atom stereocenters. The summed E-state index contributed by atoms with van der Waals surface area (Å²) in [6.07, 6.45) is 3.46. The summed E-state index contributed by atoms with van der Waals surface area (Å²) < 4.78 is 5.47. The predicted octanol–water partition coefficient (Wildman–Crippen LogP) is 3.96. The third-order valence-corrected chi connectivity index (χ3v) is 4.76. The van der Waals surface area contributed by atoms with Gasteiger partial charge in [-0.25, -0.2) is 0 Å². The van der Waals surface area contributed by atoms with Crippen molar-refractivity contribution in [1.82, 2.24) is 5.32 Å². The predicted molar refractivity (Wildman–Crippen MR) is 91.9 cm³/mol. The molecule has 1 aliphatic rings. The second-order valence-electron chi connectivity index (χ2n) is 6.02. The van der Waals surface area contributed by atoms with Crippen molar-refractivity contribution in [2.24, 2.45) is 0 Å². The molecular weight excluding hydrogens is 310 g/mol. The lowest BCUT2D eigenvalue weighted by atomic mass is 9.64. The average Bonchev–Trinajstić information content (AvgIpc) is 2.54. The molecule has 2 aromatic carbocycles. The van der Waals surface area contributed by atoms with Crippen LogP contribution < -0.4 is 10.1 Å². The summed E-state index contributed by atoms with van der Waals surface area (Å²) in [5.41, 5.74) is 1.40. The van der Waals surface area contributed by atoms with E-state index in [-0.39, 0.29) is 17.9 Å². The Morgan fingerprint density at radius 1 is 1.09 bits per heavy atom. The van der Waals surface area contributed by atoms with Gasteiger partial charge in [0.25, 0.3) is 5.91 Å². The lowest BCUT2D eigenvalue weighted by molar-refractivity contribution is -0.123. The largest absolute Gasteiger partial charge is 0.484 e. The fourth-order valence-electron chi connectivity index (χ4n) is 2.96. The molecule has 1 fully saturated rings. The number of hydrogen-bond donors (Lipinski definition) is 1. The van der Waals surface area contributed by atoms with E-state index in [1.54, 1.807) is 24.3 Å². The van der Waals surface area contributed by atoms with E-state index in [2.05, 4.69) is 29.6 Å². The van der Waals surface area contributed by atoms with Crippen LogP contribution in [0.1, 0.15) is 24.8 Å². The van der Waals surface area contributed by atoms with E-state index in [1.165, 1.54) is 12.0 Å². The Labute approximate surface area is 141 Å². The van der Waals surface area contributed by atoms with Gasteiger partial charge in [0.05, 0.1) is 0 Å². The van der Waals surface area contributed by atoms with Gasteiger partial charge < -0.3 is 10.1 Å². The summed E-state index contributed by atoms with van der Waals surface area (Å²) in [6, 6.07) is 17.4. The highest BCUT2D eigenvalue weighted by Crippen LogP contribution is 2.43. The van der Waals surface area contributed by atoms with Crippen molar-refractivity contribution in [3.63, 3.8) is 0 Å². The van der Waals surface area contributed by atoms with E-state index in [0.29, 0.717) is 17.3 Å². The summed E-state index contributed by atoms with van der Waals surface area (Å²) in [4.78, 5) is 12.0. The molecule has 4 heteroatoms. The van der Waals surface area contributed by atoms with Crippen molar-refractivity contribution < 1.29 is 9.53 Å². The maximum absolute atomic E-state index is 12.0. The molecule has 0 aliphatic heterocycles. The second-order valence-corrected chi connectivity index (χ2v) is 6.46. The van der Waals surface area contributed by atoms with Gasteiger partial charge in [0, 0.05) is 17.0 Å². The van der Waals surface area contributed by atoms with Crippen LogP contribution >= 0.6 is 11.6 Å². The highest BCUT2D eigenvalue weighted by Gasteiger charge is 2.38. The summed E-state index contributed by atoms with van der Waals surface area (Å²) >= 11 is 5.82. The van der Waals surface area contributed by atoms with Crippen LogP contribution in [-0.4, -0.2) is 19.1 Å². The normalized spacial score (nSPS) is 15.5. The maximum Gasteiger partial charge on any atom is 0.257 e. The zero-order valence-corrected chi connectivity index (χ0v) is 13.7. The maximum atomic E-state index is 12.0. The van der Waals surface area contributed by atoms with Crippen molar-refractivity contribution in [2.75, 3.05) is 13.2 Å². The summed E-state index contributed by atoms with van der Waals surface area (Å²) in [5.74, 6) is 0.549. The molecule has 1 aliphatic carbocycles. The molecule has 1 saturated carbocycles. The summed E-state index contributed by atoms with van der Waals surface area (Å²) in [6.45, 7) is 0.687. The highest BCUT2D eigenvalue weighted by atomic mass is 35.5. The molecule has 0 saturated heterocycles. The second kappa shape index (κ2) is 7.05. The van der Waals surface area contributed by atoms with Gasteiger partial charge in [-0.15, -0.1) is 0 Å². The van der Waals surface area contributed by atoms with Crippen molar-refractivity contribution in [3.05, 3.63) is 65.2 Å². The smallest absolute Gasteiger partial charge is 0.257 e. The molecular formula is C19H20ClNO2. The molecule has 0 unspecified atom stereocenters. The summed E-state index contributed by atoms with van der Waals surface area (Å²) in [5, 5.41) is 3.67. The Bertz CT molecular complexity index is 651. The SMILES string of the molecule is O=C(COc1ccc(Cl)cc1)NCC1(c2ccccc2)CCC1. The Kier molecular flexibility index (Phi) is 4.87. The Balaban J connectivity index is 1.51. The number of benzene rings is 2. The van der Waals surface area contributed by atoms with E-state index >= 15 is 0 Å². The minimum Gasteiger partial charge on any atom is -0.484 e. The van der Waals surface area contributed by atoms with Gasteiger partial charge in [-0.2, -0.15) is 0 Å². The van der Waals surface area contributed by atoms with E-state index in [9.17, 15) is 4.79 Å². The summed E-state index contributed by atoms with van der Waals surface area (Å²) in [7, 11) is 0.